The van der Waals surface area contributed by atoms with Gasteiger partial charge in [0.2, 0.25) is 5.91 Å². The van der Waals surface area contributed by atoms with Crippen LogP contribution in [-0.2, 0) is 4.79 Å². The lowest BCUT2D eigenvalue weighted by Gasteiger charge is -2.15. The first kappa shape index (κ1) is 16.4. The summed E-state index contributed by atoms with van der Waals surface area (Å²) >= 11 is 5.18. The van der Waals surface area contributed by atoms with E-state index in [1.165, 1.54) is 0 Å². The molecule has 1 N–H and O–H groups in total. The zero-order valence-electron chi connectivity index (χ0n) is 13.6. The Labute approximate surface area is 158 Å². The Hall–Kier alpha value is -2.05. The summed E-state index contributed by atoms with van der Waals surface area (Å²) in [7, 11) is 0. The lowest BCUT2D eigenvalue weighted by Crippen LogP contribution is -2.15. The molecule has 1 aliphatic rings. The van der Waals surface area contributed by atoms with Crippen LogP contribution in [0.5, 0.6) is 0 Å². The van der Waals surface area contributed by atoms with Crippen LogP contribution in [0.15, 0.2) is 59.1 Å². The number of halogens is 1. The number of benzene rings is 2. The van der Waals surface area contributed by atoms with E-state index in [2.05, 4.69) is 33.4 Å². The first-order valence-corrected chi connectivity index (χ1v) is 9.79. The van der Waals surface area contributed by atoms with E-state index in [1.54, 1.807) is 11.8 Å². The van der Waals surface area contributed by atoms with Crippen molar-refractivity contribution in [1.82, 2.24) is 9.78 Å². The van der Waals surface area contributed by atoms with Crippen LogP contribution in [0.1, 0.15) is 22.1 Å². The number of nitrogens with zero attached hydrogens (tertiary/aromatic N) is 2. The number of anilines is 1. The molecule has 126 valence electrons. The summed E-state index contributed by atoms with van der Waals surface area (Å²) in [5.41, 5.74) is 4.09. The van der Waals surface area contributed by atoms with Crippen molar-refractivity contribution in [3.8, 4) is 5.69 Å². The second-order valence-corrected chi connectivity index (χ2v) is 7.90. The predicted octanol–water partition coefficient (Wildman–Crippen LogP) is 4.72. The fraction of sp³-hybridized carbons (Fsp3) is 0.158. The Morgan fingerprint density at radius 1 is 1.20 bits per heavy atom. The number of rotatable bonds is 2. The van der Waals surface area contributed by atoms with Crippen LogP contribution in [0.2, 0.25) is 0 Å². The summed E-state index contributed by atoms with van der Waals surface area (Å²) in [6.45, 7) is 2.00. The van der Waals surface area contributed by atoms with Gasteiger partial charge in [-0.15, -0.1) is 11.8 Å². The van der Waals surface area contributed by atoms with Crippen LogP contribution < -0.4 is 5.32 Å². The van der Waals surface area contributed by atoms with Gasteiger partial charge in [-0.2, -0.15) is 5.10 Å². The number of hydrogen-bond acceptors (Lipinski definition) is 3. The second kappa shape index (κ2) is 6.69. The normalized spacial score (nSPS) is 16.9. The van der Waals surface area contributed by atoms with Gasteiger partial charge in [-0.3, -0.25) is 4.79 Å². The van der Waals surface area contributed by atoms with Crippen LogP contribution >= 0.6 is 27.7 Å². The molecule has 1 aromatic heterocycles. The molecule has 0 saturated heterocycles. The Kier molecular flexibility index (Phi) is 4.39. The minimum atomic E-state index is 0.000767. The lowest BCUT2D eigenvalue weighted by molar-refractivity contribution is -0.113. The van der Waals surface area contributed by atoms with E-state index in [0.717, 1.165) is 32.8 Å². The molecule has 3 aromatic rings. The van der Waals surface area contributed by atoms with E-state index in [9.17, 15) is 4.79 Å². The molecule has 0 saturated carbocycles. The highest BCUT2D eigenvalue weighted by Gasteiger charge is 2.30. The highest BCUT2D eigenvalue weighted by atomic mass is 79.9. The molecule has 0 radical (unpaired) electrons. The maximum Gasteiger partial charge on any atom is 0.235 e. The molecule has 4 rings (SSSR count). The van der Waals surface area contributed by atoms with Gasteiger partial charge in [0.1, 0.15) is 5.82 Å². The third-order valence-corrected chi connectivity index (χ3v) is 5.92. The summed E-state index contributed by atoms with van der Waals surface area (Å²) in [6.07, 6.45) is 0. The molecular weight excluding hydrogens is 398 g/mol. The fourth-order valence-electron chi connectivity index (χ4n) is 3.07. The van der Waals surface area contributed by atoms with Crippen molar-refractivity contribution in [2.24, 2.45) is 0 Å². The standard InChI is InChI=1S/C19H16BrN3OS/c1-12-17-18(13-6-5-7-14(20)10-13)25-11-16(24)21-19(17)23(22-12)15-8-3-2-4-9-15/h2-10,18H,11H2,1H3,(H,21,24). The van der Waals surface area contributed by atoms with E-state index < -0.39 is 0 Å². The van der Waals surface area contributed by atoms with Gasteiger partial charge in [-0.1, -0.05) is 46.3 Å². The van der Waals surface area contributed by atoms with Gasteiger partial charge < -0.3 is 5.32 Å². The maximum absolute atomic E-state index is 12.3. The third kappa shape index (κ3) is 3.12. The molecule has 1 atom stereocenters. The number of aromatic nitrogens is 2. The third-order valence-electron chi connectivity index (χ3n) is 4.16. The van der Waals surface area contributed by atoms with Crippen LogP contribution in [0, 0.1) is 6.92 Å². The molecule has 1 unspecified atom stereocenters. The monoisotopic (exact) mass is 413 g/mol. The zero-order valence-corrected chi connectivity index (χ0v) is 16.0. The quantitative estimate of drug-likeness (QED) is 0.660. The topological polar surface area (TPSA) is 46.9 Å². The Morgan fingerprint density at radius 2 is 2.00 bits per heavy atom. The minimum absolute atomic E-state index is 0.000767. The van der Waals surface area contributed by atoms with E-state index in [-0.39, 0.29) is 11.2 Å². The van der Waals surface area contributed by atoms with Gasteiger partial charge in [0.05, 0.1) is 22.4 Å². The molecule has 0 fully saturated rings. The van der Waals surface area contributed by atoms with Crippen molar-refractivity contribution >= 4 is 39.4 Å². The van der Waals surface area contributed by atoms with Crippen molar-refractivity contribution in [3.05, 3.63) is 75.9 Å². The van der Waals surface area contributed by atoms with Crippen molar-refractivity contribution < 1.29 is 4.79 Å². The fourth-order valence-corrected chi connectivity index (χ4v) is 4.67. The van der Waals surface area contributed by atoms with Gasteiger partial charge in [-0.25, -0.2) is 4.68 Å². The molecule has 0 spiro atoms. The zero-order chi connectivity index (χ0) is 17.4. The molecule has 1 aliphatic heterocycles. The number of amides is 1. The van der Waals surface area contributed by atoms with Crippen LogP contribution in [-0.4, -0.2) is 21.4 Å². The largest absolute Gasteiger partial charge is 0.310 e. The van der Waals surface area contributed by atoms with Gasteiger partial charge in [0.25, 0.3) is 0 Å². The molecule has 1 amide bonds. The lowest BCUT2D eigenvalue weighted by atomic mass is 10.0. The maximum atomic E-state index is 12.3. The summed E-state index contributed by atoms with van der Waals surface area (Å²) in [5.74, 6) is 1.18. The van der Waals surface area contributed by atoms with Crippen LogP contribution in [0.25, 0.3) is 5.69 Å². The van der Waals surface area contributed by atoms with E-state index in [4.69, 9.17) is 5.10 Å². The number of hydrogen-bond donors (Lipinski definition) is 1. The van der Waals surface area contributed by atoms with E-state index in [0.29, 0.717) is 5.75 Å². The summed E-state index contributed by atoms with van der Waals surface area (Å²) in [5, 5.41) is 7.83. The molecule has 0 aliphatic carbocycles. The highest BCUT2D eigenvalue weighted by molar-refractivity contribution is 9.10. The molecule has 2 aromatic carbocycles. The summed E-state index contributed by atoms with van der Waals surface area (Å²) in [6, 6.07) is 18.1. The van der Waals surface area contributed by atoms with Crippen molar-refractivity contribution in [3.63, 3.8) is 0 Å². The molecule has 0 bridgehead atoms. The van der Waals surface area contributed by atoms with Gasteiger partial charge in [0.15, 0.2) is 0 Å². The Balaban J connectivity index is 1.90. The van der Waals surface area contributed by atoms with Gasteiger partial charge in [-0.05, 0) is 36.8 Å². The van der Waals surface area contributed by atoms with Crippen molar-refractivity contribution in [1.29, 1.82) is 0 Å². The average Bonchev–Trinajstić information content (AvgIpc) is 2.82. The summed E-state index contributed by atoms with van der Waals surface area (Å²) in [4.78, 5) is 12.3. The first-order chi connectivity index (χ1) is 12.1. The smallest absolute Gasteiger partial charge is 0.235 e. The second-order valence-electron chi connectivity index (χ2n) is 5.89. The summed E-state index contributed by atoms with van der Waals surface area (Å²) < 4.78 is 2.86. The molecule has 4 nitrogen and oxygen atoms in total. The average molecular weight is 414 g/mol. The number of carbonyl (C=O) groups is 1. The van der Waals surface area contributed by atoms with E-state index in [1.807, 2.05) is 54.1 Å². The number of nitrogens with one attached hydrogen (secondary N) is 1. The van der Waals surface area contributed by atoms with Crippen LogP contribution in [0.4, 0.5) is 5.82 Å². The number of para-hydroxylation sites is 1. The molecule has 2 heterocycles. The minimum Gasteiger partial charge on any atom is -0.310 e. The number of fused-ring (bicyclic) bond motifs is 1. The van der Waals surface area contributed by atoms with Gasteiger partial charge >= 0.3 is 0 Å². The first-order valence-electron chi connectivity index (χ1n) is 7.95. The van der Waals surface area contributed by atoms with Gasteiger partial charge in [0, 0.05) is 10.0 Å². The SMILES string of the molecule is Cc1nn(-c2ccccc2)c2c1C(c1cccc(Br)c1)SCC(=O)N2. The highest BCUT2D eigenvalue weighted by Crippen LogP contribution is 2.44. The molecule has 25 heavy (non-hydrogen) atoms. The van der Waals surface area contributed by atoms with E-state index >= 15 is 0 Å². The van der Waals surface area contributed by atoms with Crippen molar-refractivity contribution in [2.45, 2.75) is 12.2 Å². The predicted molar refractivity (Wildman–Crippen MR) is 105 cm³/mol. The number of aryl methyl sites for hydroxylation is 1. The number of thioether (sulfide) groups is 1. The Morgan fingerprint density at radius 3 is 2.76 bits per heavy atom. The Bertz CT molecular complexity index is 939. The molecular formula is C19H16BrN3OS. The van der Waals surface area contributed by atoms with Crippen molar-refractivity contribution in [2.75, 3.05) is 11.1 Å². The van der Waals surface area contributed by atoms with Crippen LogP contribution in [0.3, 0.4) is 0 Å². The number of carbonyl (C=O) groups excluding carboxylic acids is 1. The molecule has 6 heteroatoms.